The Morgan fingerprint density at radius 3 is 2.10 bits per heavy atom. The molecule has 3 aromatic carbocycles. The van der Waals surface area contributed by atoms with Crippen molar-refractivity contribution in [3.8, 4) is 22.6 Å². The van der Waals surface area contributed by atoms with Gasteiger partial charge in [-0.3, -0.25) is 4.79 Å². The minimum absolute atomic E-state index is 0.308. The minimum atomic E-state index is -4.42. The van der Waals surface area contributed by atoms with Gasteiger partial charge in [-0.1, -0.05) is 30.3 Å². The Hall–Kier alpha value is -3.48. The zero-order valence-corrected chi connectivity index (χ0v) is 16.7. The summed E-state index contributed by atoms with van der Waals surface area (Å²) in [6.45, 7) is 0. The third-order valence-corrected chi connectivity index (χ3v) is 4.74. The van der Waals surface area contributed by atoms with Crippen molar-refractivity contribution in [2.24, 2.45) is 0 Å². The molecule has 0 heterocycles. The molecule has 0 aliphatic carbocycles. The second kappa shape index (κ2) is 8.49. The van der Waals surface area contributed by atoms with Crippen LogP contribution in [0.3, 0.4) is 0 Å². The van der Waals surface area contributed by atoms with Gasteiger partial charge < -0.3 is 14.4 Å². The van der Waals surface area contributed by atoms with Gasteiger partial charge in [0.05, 0.1) is 19.8 Å². The molecule has 3 rings (SSSR count). The van der Waals surface area contributed by atoms with Crippen molar-refractivity contribution in [1.29, 1.82) is 0 Å². The first kappa shape index (κ1) is 21.2. The van der Waals surface area contributed by atoms with E-state index in [1.54, 1.807) is 49.5 Å². The summed E-state index contributed by atoms with van der Waals surface area (Å²) < 4.78 is 49.1. The molecule has 0 radical (unpaired) electrons. The molecular formula is C23H20F3NO3. The monoisotopic (exact) mass is 415 g/mol. The van der Waals surface area contributed by atoms with Crippen LogP contribution in [0, 0.1) is 0 Å². The van der Waals surface area contributed by atoms with Gasteiger partial charge in [0.15, 0.2) is 11.5 Å². The Labute approximate surface area is 172 Å². The fourth-order valence-corrected chi connectivity index (χ4v) is 3.09. The highest BCUT2D eigenvalue weighted by atomic mass is 19.4. The number of alkyl halides is 3. The number of nitrogens with zero attached hydrogens (tertiary/aromatic N) is 1. The maximum Gasteiger partial charge on any atom is 0.416 e. The van der Waals surface area contributed by atoms with E-state index in [1.807, 2.05) is 0 Å². The van der Waals surface area contributed by atoms with Crippen molar-refractivity contribution in [2.45, 2.75) is 6.18 Å². The number of hydrogen-bond donors (Lipinski definition) is 0. The van der Waals surface area contributed by atoms with Crippen LogP contribution in [-0.4, -0.2) is 27.2 Å². The second-order valence-electron chi connectivity index (χ2n) is 6.52. The maximum absolute atomic E-state index is 13.2. The van der Waals surface area contributed by atoms with E-state index < -0.39 is 11.7 Å². The van der Waals surface area contributed by atoms with Gasteiger partial charge in [0, 0.05) is 24.4 Å². The van der Waals surface area contributed by atoms with E-state index >= 15 is 0 Å². The van der Waals surface area contributed by atoms with Gasteiger partial charge in [0.2, 0.25) is 0 Å². The Bertz CT molecular complexity index is 1050. The van der Waals surface area contributed by atoms with Crippen LogP contribution in [0.4, 0.5) is 18.9 Å². The van der Waals surface area contributed by atoms with Crippen molar-refractivity contribution in [1.82, 2.24) is 0 Å². The van der Waals surface area contributed by atoms with E-state index in [0.717, 1.165) is 12.1 Å². The molecule has 0 saturated heterocycles. The first-order valence-electron chi connectivity index (χ1n) is 9.03. The highest BCUT2D eigenvalue weighted by molar-refractivity contribution is 6.10. The summed E-state index contributed by atoms with van der Waals surface area (Å²) in [5.74, 6) is 0.704. The molecule has 4 nitrogen and oxygen atoms in total. The molecule has 0 bridgehead atoms. The van der Waals surface area contributed by atoms with Crippen molar-refractivity contribution in [2.75, 3.05) is 26.2 Å². The van der Waals surface area contributed by atoms with Crippen molar-refractivity contribution >= 4 is 11.6 Å². The van der Waals surface area contributed by atoms with Gasteiger partial charge in [-0.2, -0.15) is 13.2 Å². The van der Waals surface area contributed by atoms with E-state index in [-0.39, 0.29) is 5.91 Å². The fraction of sp³-hybridized carbons (Fsp3) is 0.174. The van der Waals surface area contributed by atoms with E-state index in [2.05, 4.69) is 0 Å². The minimum Gasteiger partial charge on any atom is -0.493 e. The van der Waals surface area contributed by atoms with E-state index in [1.165, 1.54) is 31.3 Å². The largest absolute Gasteiger partial charge is 0.493 e. The lowest BCUT2D eigenvalue weighted by Crippen LogP contribution is -2.26. The molecular weight excluding hydrogens is 395 g/mol. The molecule has 0 aliphatic heterocycles. The number of benzene rings is 3. The third kappa shape index (κ3) is 4.25. The van der Waals surface area contributed by atoms with Gasteiger partial charge in [-0.25, -0.2) is 0 Å². The summed E-state index contributed by atoms with van der Waals surface area (Å²) in [7, 11) is 4.64. The smallest absolute Gasteiger partial charge is 0.416 e. The lowest BCUT2D eigenvalue weighted by molar-refractivity contribution is -0.137. The number of methoxy groups -OCH3 is 2. The molecule has 0 fully saturated rings. The predicted octanol–water partition coefficient (Wildman–Crippen LogP) is 5.67. The molecule has 0 N–H and O–H groups in total. The fourth-order valence-electron chi connectivity index (χ4n) is 3.09. The van der Waals surface area contributed by atoms with Gasteiger partial charge >= 0.3 is 6.18 Å². The molecule has 0 aliphatic rings. The van der Waals surface area contributed by atoms with E-state index in [0.29, 0.717) is 33.9 Å². The number of anilines is 1. The van der Waals surface area contributed by atoms with Crippen LogP contribution in [0.15, 0.2) is 66.7 Å². The van der Waals surface area contributed by atoms with E-state index in [9.17, 15) is 18.0 Å². The maximum atomic E-state index is 13.2. The molecule has 156 valence electrons. The van der Waals surface area contributed by atoms with Gasteiger partial charge in [0.1, 0.15) is 0 Å². The number of hydrogen-bond acceptors (Lipinski definition) is 3. The molecule has 30 heavy (non-hydrogen) atoms. The molecule has 0 saturated carbocycles. The number of ether oxygens (including phenoxy) is 2. The average molecular weight is 415 g/mol. The molecule has 7 heteroatoms. The van der Waals surface area contributed by atoms with Crippen LogP contribution in [0.5, 0.6) is 11.5 Å². The van der Waals surface area contributed by atoms with Crippen LogP contribution < -0.4 is 14.4 Å². The molecule has 0 unspecified atom stereocenters. The lowest BCUT2D eigenvalue weighted by atomic mass is 9.97. The summed E-state index contributed by atoms with van der Waals surface area (Å²) >= 11 is 0. The summed E-state index contributed by atoms with van der Waals surface area (Å²) in [4.78, 5) is 14.6. The zero-order chi connectivity index (χ0) is 21.9. The first-order chi connectivity index (χ1) is 14.3. The Morgan fingerprint density at radius 1 is 0.867 bits per heavy atom. The van der Waals surface area contributed by atoms with Gasteiger partial charge in [-0.05, 0) is 41.5 Å². The quantitative estimate of drug-likeness (QED) is 0.539. The number of carbonyl (C=O) groups is 1. The third-order valence-electron chi connectivity index (χ3n) is 4.74. The highest BCUT2D eigenvalue weighted by Gasteiger charge is 2.30. The molecule has 0 spiro atoms. The molecule has 3 aromatic rings. The average Bonchev–Trinajstić information content (AvgIpc) is 2.77. The van der Waals surface area contributed by atoms with Gasteiger partial charge in [0.25, 0.3) is 5.91 Å². The zero-order valence-electron chi connectivity index (χ0n) is 16.7. The molecule has 1 amide bonds. The summed E-state index contributed by atoms with van der Waals surface area (Å²) in [6.07, 6.45) is -4.42. The topological polar surface area (TPSA) is 38.8 Å². The predicted molar refractivity (Wildman–Crippen MR) is 109 cm³/mol. The van der Waals surface area contributed by atoms with Crippen LogP contribution in [0.1, 0.15) is 15.9 Å². The number of rotatable bonds is 5. The number of carbonyl (C=O) groups excluding carboxylic acids is 1. The molecule has 0 atom stereocenters. The highest BCUT2D eigenvalue weighted by Crippen LogP contribution is 2.34. The van der Waals surface area contributed by atoms with Crippen molar-refractivity contribution in [3.63, 3.8) is 0 Å². The Balaban J connectivity index is 1.96. The SMILES string of the molecule is COc1ccc(N(C)C(=O)c2ccccc2-c2ccc(C(F)(F)F)cc2)cc1OC. The Morgan fingerprint density at radius 2 is 1.50 bits per heavy atom. The van der Waals surface area contributed by atoms with Crippen molar-refractivity contribution in [3.05, 3.63) is 77.9 Å². The molecule has 0 aromatic heterocycles. The van der Waals surface area contributed by atoms with Crippen LogP contribution >= 0.6 is 0 Å². The number of halogens is 3. The standard InChI is InChI=1S/C23H20F3NO3/c1-27(17-12-13-20(29-2)21(14-17)30-3)22(28)19-7-5-4-6-18(19)15-8-10-16(11-9-15)23(24,25)26/h4-14H,1-3H3. The van der Waals surface area contributed by atoms with Crippen LogP contribution in [-0.2, 0) is 6.18 Å². The summed E-state index contributed by atoms with van der Waals surface area (Å²) in [6, 6.07) is 16.6. The summed E-state index contributed by atoms with van der Waals surface area (Å²) in [5, 5.41) is 0. The van der Waals surface area contributed by atoms with E-state index in [4.69, 9.17) is 9.47 Å². The normalized spacial score (nSPS) is 11.1. The second-order valence-corrected chi connectivity index (χ2v) is 6.52. The Kier molecular flexibility index (Phi) is 6.01. The lowest BCUT2D eigenvalue weighted by Gasteiger charge is -2.21. The van der Waals surface area contributed by atoms with Crippen LogP contribution in [0.25, 0.3) is 11.1 Å². The first-order valence-corrected chi connectivity index (χ1v) is 9.03. The van der Waals surface area contributed by atoms with Gasteiger partial charge in [-0.15, -0.1) is 0 Å². The number of amides is 1. The van der Waals surface area contributed by atoms with Crippen molar-refractivity contribution < 1.29 is 27.4 Å². The summed E-state index contributed by atoms with van der Waals surface area (Å²) in [5.41, 5.74) is 1.28. The van der Waals surface area contributed by atoms with Crippen LogP contribution in [0.2, 0.25) is 0 Å².